The van der Waals surface area contributed by atoms with Crippen molar-refractivity contribution in [2.45, 2.75) is 24.8 Å². The molecular formula is C24H21BrN2O4S2. The molecule has 0 saturated carbocycles. The van der Waals surface area contributed by atoms with Gasteiger partial charge in [0.1, 0.15) is 5.75 Å². The number of thiazole rings is 1. The minimum Gasteiger partial charge on any atom is -0.507 e. The fraction of sp³-hybridized carbons (Fsp3) is 0.208. The number of phenols is 1. The van der Waals surface area contributed by atoms with E-state index in [9.17, 15) is 14.7 Å². The molecule has 0 radical (unpaired) electrons. The molecule has 3 aromatic rings. The van der Waals surface area contributed by atoms with Crippen molar-refractivity contribution < 1.29 is 14.6 Å². The summed E-state index contributed by atoms with van der Waals surface area (Å²) < 4.78 is 8.05. The lowest BCUT2D eigenvalue weighted by molar-refractivity contribution is -0.139. The van der Waals surface area contributed by atoms with Crippen molar-refractivity contribution in [1.82, 2.24) is 4.57 Å². The summed E-state index contributed by atoms with van der Waals surface area (Å²) in [5.41, 5.74) is 1.88. The largest absolute Gasteiger partial charge is 0.507 e. The number of hydrogen-bond donors (Lipinski definition) is 1. The van der Waals surface area contributed by atoms with E-state index in [1.807, 2.05) is 30.5 Å². The molecule has 2 aromatic carbocycles. The number of phenolic OH excluding ortho intramolecular Hbond substituents is 1. The Labute approximate surface area is 207 Å². The molecule has 170 valence electrons. The number of allylic oxidation sites excluding steroid dienone is 1. The molecule has 1 aromatic heterocycles. The molecule has 0 aliphatic carbocycles. The Bertz CT molecular complexity index is 1440. The predicted molar refractivity (Wildman–Crippen MR) is 134 cm³/mol. The van der Waals surface area contributed by atoms with Crippen LogP contribution in [0.25, 0.3) is 6.08 Å². The Morgan fingerprint density at radius 3 is 2.70 bits per heavy atom. The molecule has 2 heterocycles. The van der Waals surface area contributed by atoms with E-state index in [0.29, 0.717) is 26.2 Å². The van der Waals surface area contributed by atoms with Gasteiger partial charge in [0.05, 0.1) is 28.5 Å². The minimum atomic E-state index is -0.658. The highest BCUT2D eigenvalue weighted by atomic mass is 79.9. The highest BCUT2D eigenvalue weighted by Gasteiger charge is 2.33. The Morgan fingerprint density at radius 1 is 1.30 bits per heavy atom. The van der Waals surface area contributed by atoms with Gasteiger partial charge in [-0.1, -0.05) is 39.4 Å². The van der Waals surface area contributed by atoms with Crippen LogP contribution in [-0.2, 0) is 9.53 Å². The Balaban J connectivity index is 1.96. The third kappa shape index (κ3) is 4.58. The van der Waals surface area contributed by atoms with Crippen molar-refractivity contribution in [1.29, 1.82) is 0 Å². The van der Waals surface area contributed by atoms with E-state index in [-0.39, 0.29) is 17.9 Å². The van der Waals surface area contributed by atoms with Gasteiger partial charge in [-0.25, -0.2) is 9.79 Å². The van der Waals surface area contributed by atoms with E-state index < -0.39 is 12.0 Å². The normalized spacial score (nSPS) is 15.9. The Kier molecular flexibility index (Phi) is 6.92. The van der Waals surface area contributed by atoms with Gasteiger partial charge in [-0.2, -0.15) is 0 Å². The first-order valence-corrected chi connectivity index (χ1v) is 13.0. The molecule has 0 fully saturated rings. The maximum Gasteiger partial charge on any atom is 0.338 e. The lowest BCUT2D eigenvalue weighted by Crippen LogP contribution is -2.39. The number of thioether (sulfide) groups is 1. The zero-order valence-electron chi connectivity index (χ0n) is 18.2. The molecule has 0 saturated heterocycles. The minimum absolute atomic E-state index is 0.0663. The standard InChI is InChI=1S/C24H21BrN2O4S2/c1-4-31-23(30)20-13(2)26-24-27(21(20)14-5-8-17(32-3)9-6-14)22(29)19(33-24)12-15-11-16(25)7-10-18(15)28/h5-12,21,28H,4H2,1-3H3/b19-12-. The van der Waals surface area contributed by atoms with E-state index >= 15 is 0 Å². The predicted octanol–water partition coefficient (Wildman–Crippen LogP) is 3.99. The van der Waals surface area contributed by atoms with Crippen molar-refractivity contribution in [3.63, 3.8) is 0 Å². The first-order chi connectivity index (χ1) is 15.8. The Hall–Kier alpha value is -2.62. The topological polar surface area (TPSA) is 80.9 Å². The molecule has 0 amide bonds. The summed E-state index contributed by atoms with van der Waals surface area (Å²) in [6.07, 6.45) is 3.63. The molecule has 1 aliphatic heterocycles. The number of hydrogen-bond acceptors (Lipinski definition) is 7. The molecule has 1 atom stereocenters. The molecule has 9 heteroatoms. The van der Waals surface area contributed by atoms with Gasteiger partial charge in [0.15, 0.2) is 4.80 Å². The van der Waals surface area contributed by atoms with Gasteiger partial charge in [-0.05, 0) is 62.1 Å². The highest BCUT2D eigenvalue weighted by molar-refractivity contribution is 9.10. The number of ether oxygens (including phenoxy) is 1. The highest BCUT2D eigenvalue weighted by Crippen LogP contribution is 2.31. The molecule has 6 nitrogen and oxygen atoms in total. The average Bonchev–Trinajstić information content (AvgIpc) is 3.10. The second-order valence-corrected chi connectivity index (χ2v) is 10.1. The first kappa shape index (κ1) is 23.5. The number of rotatable bonds is 5. The third-order valence-electron chi connectivity index (χ3n) is 5.22. The number of carbonyl (C=O) groups excluding carboxylic acids is 1. The fourth-order valence-electron chi connectivity index (χ4n) is 3.68. The monoisotopic (exact) mass is 544 g/mol. The molecular weight excluding hydrogens is 524 g/mol. The molecule has 4 rings (SSSR count). The van der Waals surface area contributed by atoms with Crippen molar-refractivity contribution in [2.24, 2.45) is 4.99 Å². The maximum atomic E-state index is 13.6. The summed E-state index contributed by atoms with van der Waals surface area (Å²) in [4.78, 5) is 32.6. The van der Waals surface area contributed by atoms with Gasteiger partial charge in [0.25, 0.3) is 5.56 Å². The number of aromatic hydroxyl groups is 1. The molecule has 1 N–H and O–H groups in total. The van der Waals surface area contributed by atoms with Crippen LogP contribution in [0.4, 0.5) is 0 Å². The van der Waals surface area contributed by atoms with Crippen LogP contribution in [0.5, 0.6) is 5.75 Å². The number of benzene rings is 2. The van der Waals surface area contributed by atoms with Gasteiger partial charge in [0.2, 0.25) is 0 Å². The quantitative estimate of drug-likeness (QED) is 0.388. The number of fused-ring (bicyclic) bond motifs is 1. The van der Waals surface area contributed by atoms with Crippen LogP contribution >= 0.6 is 39.0 Å². The van der Waals surface area contributed by atoms with E-state index in [4.69, 9.17) is 4.74 Å². The second-order valence-electron chi connectivity index (χ2n) is 7.28. The van der Waals surface area contributed by atoms with Crippen molar-refractivity contribution in [2.75, 3.05) is 12.9 Å². The van der Waals surface area contributed by atoms with Gasteiger partial charge >= 0.3 is 5.97 Å². The molecule has 0 spiro atoms. The van der Waals surface area contributed by atoms with Crippen LogP contribution in [0.15, 0.2) is 72.9 Å². The van der Waals surface area contributed by atoms with Crippen molar-refractivity contribution in [3.8, 4) is 5.75 Å². The van der Waals surface area contributed by atoms with Crippen LogP contribution in [-0.4, -0.2) is 28.5 Å². The maximum absolute atomic E-state index is 13.6. The van der Waals surface area contributed by atoms with E-state index in [0.717, 1.165) is 14.9 Å². The number of nitrogens with zero attached hydrogens (tertiary/aromatic N) is 2. The molecule has 33 heavy (non-hydrogen) atoms. The van der Waals surface area contributed by atoms with Crippen LogP contribution in [0.1, 0.15) is 31.0 Å². The summed E-state index contributed by atoms with van der Waals surface area (Å²) in [6, 6.07) is 12.1. The number of aromatic nitrogens is 1. The summed E-state index contributed by atoms with van der Waals surface area (Å²) in [5, 5.41) is 10.2. The SMILES string of the molecule is CCOC(=O)C1=C(C)N=c2s/c(=C\c3cc(Br)ccc3O)c(=O)n2C1c1ccc(SC)cc1. The Morgan fingerprint density at radius 2 is 2.03 bits per heavy atom. The van der Waals surface area contributed by atoms with Gasteiger partial charge in [-0.15, -0.1) is 11.8 Å². The van der Waals surface area contributed by atoms with Crippen LogP contribution < -0.4 is 14.9 Å². The first-order valence-electron chi connectivity index (χ1n) is 10.2. The number of carbonyl (C=O) groups is 1. The molecule has 1 unspecified atom stereocenters. The zero-order valence-corrected chi connectivity index (χ0v) is 21.4. The van der Waals surface area contributed by atoms with Crippen LogP contribution in [0.2, 0.25) is 0 Å². The summed E-state index contributed by atoms with van der Waals surface area (Å²) in [5.74, 6) is -0.423. The van der Waals surface area contributed by atoms with E-state index in [1.165, 1.54) is 11.3 Å². The van der Waals surface area contributed by atoms with Gasteiger partial charge in [-0.3, -0.25) is 9.36 Å². The smallest absolute Gasteiger partial charge is 0.338 e. The van der Waals surface area contributed by atoms with Crippen molar-refractivity contribution >= 4 is 51.1 Å². The summed E-state index contributed by atoms with van der Waals surface area (Å²) in [6.45, 7) is 3.73. The second kappa shape index (κ2) is 9.70. The lowest BCUT2D eigenvalue weighted by atomic mass is 9.96. The zero-order chi connectivity index (χ0) is 23.7. The summed E-state index contributed by atoms with van der Waals surface area (Å²) >= 11 is 6.23. The van der Waals surface area contributed by atoms with Crippen LogP contribution in [0.3, 0.4) is 0 Å². The van der Waals surface area contributed by atoms with E-state index in [2.05, 4.69) is 20.9 Å². The number of halogens is 1. The number of esters is 1. The van der Waals surface area contributed by atoms with Gasteiger partial charge in [0, 0.05) is 14.9 Å². The molecule has 1 aliphatic rings. The lowest BCUT2D eigenvalue weighted by Gasteiger charge is -2.24. The summed E-state index contributed by atoms with van der Waals surface area (Å²) in [7, 11) is 0. The fourth-order valence-corrected chi connectivity index (χ4v) is 5.50. The molecule has 0 bridgehead atoms. The average molecular weight is 545 g/mol. The van der Waals surface area contributed by atoms with Crippen LogP contribution in [0, 0.1) is 0 Å². The van der Waals surface area contributed by atoms with E-state index in [1.54, 1.807) is 54.5 Å². The van der Waals surface area contributed by atoms with Gasteiger partial charge < -0.3 is 9.84 Å². The third-order valence-corrected chi connectivity index (χ3v) is 7.44. The van der Waals surface area contributed by atoms with Crippen molar-refractivity contribution in [3.05, 3.63) is 89.0 Å².